The second-order valence-electron chi connectivity index (χ2n) is 4.77. The van der Waals surface area contributed by atoms with E-state index < -0.39 is 0 Å². The summed E-state index contributed by atoms with van der Waals surface area (Å²) >= 11 is 0. The maximum atomic E-state index is 5.95. The van der Waals surface area contributed by atoms with Gasteiger partial charge in [-0.15, -0.1) is 6.58 Å². The summed E-state index contributed by atoms with van der Waals surface area (Å²) in [5.41, 5.74) is 1.19. The van der Waals surface area contributed by atoms with Crippen LogP contribution in [-0.2, 0) is 20.8 Å². The second-order valence-corrected chi connectivity index (χ2v) is 4.77. The first-order valence-electron chi connectivity index (χ1n) is 7.20. The van der Waals surface area contributed by atoms with Crippen LogP contribution in [0.3, 0.4) is 0 Å². The molecule has 0 aliphatic rings. The summed E-state index contributed by atoms with van der Waals surface area (Å²) in [6.45, 7) is 5.27. The number of hydrogen-bond donors (Lipinski definition) is 0. The molecule has 0 spiro atoms. The summed E-state index contributed by atoms with van der Waals surface area (Å²) in [6.07, 6.45) is 6.42. The monoisotopic (exact) mass is 278 g/mol. The van der Waals surface area contributed by atoms with Crippen molar-refractivity contribution in [2.45, 2.75) is 38.4 Å². The largest absolute Gasteiger partial charge is 0.371 e. The molecule has 3 heteroatoms. The van der Waals surface area contributed by atoms with Crippen molar-refractivity contribution in [3.8, 4) is 0 Å². The van der Waals surface area contributed by atoms with E-state index in [0.29, 0.717) is 20.0 Å². The van der Waals surface area contributed by atoms with Crippen LogP contribution in [0.1, 0.15) is 31.2 Å². The Labute approximate surface area is 122 Å². The predicted molar refractivity (Wildman–Crippen MR) is 81.5 cm³/mol. The molecule has 0 radical (unpaired) electrons. The van der Waals surface area contributed by atoms with E-state index in [4.69, 9.17) is 14.2 Å². The van der Waals surface area contributed by atoms with Gasteiger partial charge < -0.3 is 14.2 Å². The van der Waals surface area contributed by atoms with Crippen LogP contribution in [0.15, 0.2) is 43.0 Å². The summed E-state index contributed by atoms with van der Waals surface area (Å²) < 4.78 is 16.3. The van der Waals surface area contributed by atoms with Crippen LogP contribution >= 0.6 is 0 Å². The molecule has 1 rings (SSSR count). The van der Waals surface area contributed by atoms with E-state index in [1.165, 1.54) is 5.56 Å². The lowest BCUT2D eigenvalue weighted by Gasteiger charge is -2.18. The summed E-state index contributed by atoms with van der Waals surface area (Å²) in [5, 5.41) is 0. The molecule has 1 aromatic rings. The van der Waals surface area contributed by atoms with Gasteiger partial charge in [0.15, 0.2) is 0 Å². The van der Waals surface area contributed by atoms with E-state index in [2.05, 4.69) is 18.7 Å². The number of ether oxygens (including phenoxy) is 3. The Morgan fingerprint density at radius 3 is 2.70 bits per heavy atom. The fourth-order valence-corrected chi connectivity index (χ4v) is 1.93. The molecule has 0 aliphatic heterocycles. The van der Waals surface area contributed by atoms with Crippen molar-refractivity contribution >= 4 is 0 Å². The third-order valence-electron chi connectivity index (χ3n) is 3.02. The molecule has 0 aliphatic carbocycles. The highest BCUT2D eigenvalue weighted by Crippen LogP contribution is 2.11. The SMILES string of the molecule is C=CCCCC[C@H](COCOC)OCc1ccccc1. The van der Waals surface area contributed by atoms with Crippen molar-refractivity contribution in [1.29, 1.82) is 0 Å². The molecular formula is C17H26O3. The standard InChI is InChI=1S/C17H26O3/c1-3-4-5-9-12-17(14-19-15-18-2)20-13-16-10-7-6-8-11-16/h3,6-8,10-11,17H,1,4-5,9,12-15H2,2H3/t17-/m1/s1. The molecule has 0 N–H and O–H groups in total. The predicted octanol–water partition coefficient (Wildman–Crippen LogP) is 3.94. The third kappa shape index (κ3) is 8.10. The van der Waals surface area contributed by atoms with E-state index in [1.807, 2.05) is 24.3 Å². The zero-order valence-corrected chi connectivity index (χ0v) is 12.4. The van der Waals surface area contributed by atoms with Crippen molar-refractivity contribution in [3.63, 3.8) is 0 Å². The second kappa shape index (κ2) is 11.6. The Kier molecular flexibility index (Phi) is 9.84. The molecule has 1 aromatic carbocycles. The summed E-state index contributed by atoms with van der Waals surface area (Å²) in [5.74, 6) is 0. The van der Waals surface area contributed by atoms with Gasteiger partial charge in [0.25, 0.3) is 0 Å². The van der Waals surface area contributed by atoms with Gasteiger partial charge in [-0.05, 0) is 24.8 Å². The van der Waals surface area contributed by atoms with Gasteiger partial charge in [0.1, 0.15) is 6.79 Å². The van der Waals surface area contributed by atoms with Gasteiger partial charge >= 0.3 is 0 Å². The van der Waals surface area contributed by atoms with Crippen molar-refractivity contribution in [1.82, 2.24) is 0 Å². The van der Waals surface area contributed by atoms with Crippen molar-refractivity contribution in [2.75, 3.05) is 20.5 Å². The molecule has 0 saturated heterocycles. The minimum absolute atomic E-state index is 0.121. The van der Waals surface area contributed by atoms with Crippen LogP contribution in [0.25, 0.3) is 0 Å². The normalized spacial score (nSPS) is 12.2. The molecular weight excluding hydrogens is 252 g/mol. The average molecular weight is 278 g/mol. The van der Waals surface area contributed by atoms with Crippen LogP contribution < -0.4 is 0 Å². The summed E-state index contributed by atoms with van der Waals surface area (Å²) in [7, 11) is 1.63. The van der Waals surface area contributed by atoms with E-state index in [0.717, 1.165) is 25.7 Å². The zero-order valence-electron chi connectivity index (χ0n) is 12.4. The number of hydrogen-bond acceptors (Lipinski definition) is 3. The molecule has 20 heavy (non-hydrogen) atoms. The maximum Gasteiger partial charge on any atom is 0.146 e. The molecule has 1 atom stereocenters. The first-order chi connectivity index (χ1) is 9.86. The van der Waals surface area contributed by atoms with Crippen molar-refractivity contribution in [3.05, 3.63) is 48.6 Å². The molecule has 0 amide bonds. The molecule has 0 fully saturated rings. The Bertz CT molecular complexity index is 337. The molecule has 112 valence electrons. The van der Waals surface area contributed by atoms with Gasteiger partial charge in [-0.3, -0.25) is 0 Å². The van der Waals surface area contributed by atoms with Crippen LogP contribution in [0.4, 0.5) is 0 Å². The lowest BCUT2D eigenvalue weighted by atomic mass is 10.1. The van der Waals surface area contributed by atoms with Crippen LogP contribution in [0.2, 0.25) is 0 Å². The Hall–Kier alpha value is -1.16. The van der Waals surface area contributed by atoms with Gasteiger partial charge in [-0.2, -0.15) is 0 Å². The quantitative estimate of drug-likeness (QED) is 0.329. The number of unbranched alkanes of at least 4 members (excludes halogenated alkanes) is 2. The van der Waals surface area contributed by atoms with E-state index >= 15 is 0 Å². The lowest BCUT2D eigenvalue weighted by Crippen LogP contribution is -2.20. The Morgan fingerprint density at radius 2 is 2.00 bits per heavy atom. The molecule has 0 aromatic heterocycles. The van der Waals surface area contributed by atoms with Gasteiger partial charge in [0.05, 0.1) is 19.3 Å². The topological polar surface area (TPSA) is 27.7 Å². The fraction of sp³-hybridized carbons (Fsp3) is 0.529. The minimum Gasteiger partial charge on any atom is -0.371 e. The number of benzene rings is 1. The van der Waals surface area contributed by atoms with Crippen LogP contribution in [-0.4, -0.2) is 26.6 Å². The highest BCUT2D eigenvalue weighted by Gasteiger charge is 2.09. The van der Waals surface area contributed by atoms with Gasteiger partial charge in [0.2, 0.25) is 0 Å². The molecule has 0 saturated carbocycles. The average Bonchev–Trinajstić information content (AvgIpc) is 2.49. The fourth-order valence-electron chi connectivity index (χ4n) is 1.93. The van der Waals surface area contributed by atoms with E-state index in [9.17, 15) is 0 Å². The van der Waals surface area contributed by atoms with Gasteiger partial charge in [0, 0.05) is 7.11 Å². The first kappa shape index (κ1) is 16.9. The Morgan fingerprint density at radius 1 is 1.20 bits per heavy atom. The zero-order chi connectivity index (χ0) is 14.5. The van der Waals surface area contributed by atoms with Gasteiger partial charge in [-0.25, -0.2) is 0 Å². The molecule has 3 nitrogen and oxygen atoms in total. The smallest absolute Gasteiger partial charge is 0.146 e. The summed E-state index contributed by atoms with van der Waals surface area (Å²) in [6, 6.07) is 10.2. The third-order valence-corrected chi connectivity index (χ3v) is 3.02. The lowest BCUT2D eigenvalue weighted by molar-refractivity contribution is -0.0851. The van der Waals surface area contributed by atoms with Crippen molar-refractivity contribution in [2.24, 2.45) is 0 Å². The number of allylic oxidation sites excluding steroid dienone is 1. The summed E-state index contributed by atoms with van der Waals surface area (Å²) in [4.78, 5) is 0. The van der Waals surface area contributed by atoms with Crippen molar-refractivity contribution < 1.29 is 14.2 Å². The highest BCUT2D eigenvalue weighted by atomic mass is 16.7. The molecule has 0 unspecified atom stereocenters. The van der Waals surface area contributed by atoms with Gasteiger partial charge in [-0.1, -0.05) is 42.8 Å². The maximum absolute atomic E-state index is 5.95. The highest BCUT2D eigenvalue weighted by molar-refractivity contribution is 5.13. The Balaban J connectivity index is 2.30. The first-order valence-corrected chi connectivity index (χ1v) is 7.20. The minimum atomic E-state index is 0.121. The van der Waals surface area contributed by atoms with Crippen LogP contribution in [0, 0.1) is 0 Å². The van der Waals surface area contributed by atoms with E-state index in [-0.39, 0.29) is 6.10 Å². The molecule has 0 heterocycles. The number of rotatable bonds is 12. The molecule has 0 bridgehead atoms. The number of methoxy groups -OCH3 is 1. The van der Waals surface area contributed by atoms with E-state index in [1.54, 1.807) is 7.11 Å². The van der Waals surface area contributed by atoms with Crippen LogP contribution in [0.5, 0.6) is 0 Å².